The summed E-state index contributed by atoms with van der Waals surface area (Å²) in [5, 5.41) is 18.1. The molecule has 174 valence electrons. The first-order chi connectivity index (χ1) is 15.5. The number of ether oxygens (including phenoxy) is 5. The number of carboxylic acid groups (broad SMARTS) is 2. The van der Waals surface area contributed by atoms with Crippen LogP contribution in [-0.2, 0) is 19.1 Å². The number of nitrogens with one attached hydrogen (secondary N) is 1. The van der Waals surface area contributed by atoms with Crippen LogP contribution in [0.3, 0.4) is 0 Å². The molecule has 0 aliphatic carbocycles. The molecular formula is C22H27NO9. The van der Waals surface area contributed by atoms with E-state index in [1.165, 1.54) is 0 Å². The highest BCUT2D eigenvalue weighted by molar-refractivity contribution is 6.27. The summed E-state index contributed by atoms with van der Waals surface area (Å²) in [6.07, 6.45) is -0.252. The van der Waals surface area contributed by atoms with E-state index in [-0.39, 0.29) is 12.4 Å². The molecule has 1 aliphatic heterocycles. The summed E-state index contributed by atoms with van der Waals surface area (Å²) in [5.74, 6) is -1.72. The van der Waals surface area contributed by atoms with Gasteiger partial charge in [-0.15, -0.1) is 0 Å². The Bertz CT molecular complexity index is 825. The number of rotatable bonds is 9. The Hall–Kier alpha value is -3.34. The molecule has 10 nitrogen and oxygen atoms in total. The molecule has 2 atom stereocenters. The fraction of sp³-hybridized carbons (Fsp3) is 0.364. The third kappa shape index (κ3) is 7.73. The lowest BCUT2D eigenvalue weighted by molar-refractivity contribution is -0.159. The highest BCUT2D eigenvalue weighted by atomic mass is 16.7. The Morgan fingerprint density at radius 3 is 2.19 bits per heavy atom. The molecule has 1 unspecified atom stereocenters. The summed E-state index contributed by atoms with van der Waals surface area (Å²) in [5.41, 5.74) is 1.04. The van der Waals surface area contributed by atoms with E-state index in [0.29, 0.717) is 43.6 Å². The molecule has 1 fully saturated rings. The molecular weight excluding hydrogens is 422 g/mol. The molecule has 32 heavy (non-hydrogen) atoms. The van der Waals surface area contributed by atoms with E-state index in [0.717, 1.165) is 5.56 Å². The molecule has 1 heterocycles. The molecule has 0 radical (unpaired) electrons. The Kier molecular flexibility index (Phi) is 10.2. The third-order valence-electron chi connectivity index (χ3n) is 4.28. The Balaban J connectivity index is 0.000000534. The molecule has 0 saturated carbocycles. The monoisotopic (exact) mass is 449 g/mol. The SMILES string of the molecule is COc1cccc(OC)c1OCCNCC1CO[C@@H](c2ccccc2)O1.O=C(O)C(=O)O. The number of carboxylic acids is 2. The van der Waals surface area contributed by atoms with Crippen molar-refractivity contribution >= 4 is 11.9 Å². The summed E-state index contributed by atoms with van der Waals surface area (Å²) in [6.45, 7) is 2.45. The summed E-state index contributed by atoms with van der Waals surface area (Å²) < 4.78 is 28.1. The van der Waals surface area contributed by atoms with Crippen molar-refractivity contribution in [1.29, 1.82) is 0 Å². The molecule has 1 saturated heterocycles. The highest BCUT2D eigenvalue weighted by Gasteiger charge is 2.26. The predicted octanol–water partition coefficient (Wildman–Crippen LogP) is 1.94. The van der Waals surface area contributed by atoms with Crippen LogP contribution in [0.2, 0.25) is 0 Å². The van der Waals surface area contributed by atoms with Crippen LogP contribution < -0.4 is 19.5 Å². The largest absolute Gasteiger partial charge is 0.493 e. The van der Waals surface area contributed by atoms with E-state index >= 15 is 0 Å². The standard InChI is InChI=1S/C20H25NO5.C2H2O4/c1-22-17-9-6-10-18(23-2)19(17)24-12-11-21-13-16-14-25-20(26-16)15-7-4-3-5-8-15;3-1(4)2(5)6/h3-10,16,20-21H,11-14H2,1-2H3;(H,3,4)(H,5,6)/t16?,20-;/m1./s1. The molecule has 1 aliphatic rings. The molecule has 2 aromatic rings. The average molecular weight is 449 g/mol. The van der Waals surface area contributed by atoms with Gasteiger partial charge in [0, 0.05) is 18.7 Å². The lowest BCUT2D eigenvalue weighted by Crippen LogP contribution is -2.31. The fourth-order valence-corrected chi connectivity index (χ4v) is 2.79. The van der Waals surface area contributed by atoms with Crippen molar-refractivity contribution in [3.63, 3.8) is 0 Å². The third-order valence-corrected chi connectivity index (χ3v) is 4.28. The zero-order valence-corrected chi connectivity index (χ0v) is 17.9. The summed E-state index contributed by atoms with van der Waals surface area (Å²) >= 11 is 0. The minimum absolute atomic E-state index is 0.0287. The fourth-order valence-electron chi connectivity index (χ4n) is 2.79. The van der Waals surface area contributed by atoms with Crippen molar-refractivity contribution < 1.29 is 43.5 Å². The van der Waals surface area contributed by atoms with Gasteiger partial charge in [-0.05, 0) is 12.1 Å². The number of hydrogen-bond acceptors (Lipinski definition) is 8. The number of carbonyl (C=O) groups is 2. The second-order valence-electron chi connectivity index (χ2n) is 6.49. The van der Waals surface area contributed by atoms with Gasteiger partial charge in [-0.1, -0.05) is 36.4 Å². The highest BCUT2D eigenvalue weighted by Crippen LogP contribution is 2.36. The quantitative estimate of drug-likeness (QED) is 0.385. The van der Waals surface area contributed by atoms with Crippen molar-refractivity contribution in [2.45, 2.75) is 12.4 Å². The van der Waals surface area contributed by atoms with Gasteiger partial charge in [-0.2, -0.15) is 0 Å². The summed E-state index contributed by atoms with van der Waals surface area (Å²) in [6, 6.07) is 15.5. The van der Waals surface area contributed by atoms with Crippen molar-refractivity contribution in [3.05, 3.63) is 54.1 Å². The predicted molar refractivity (Wildman–Crippen MR) is 113 cm³/mol. The maximum Gasteiger partial charge on any atom is 0.414 e. The van der Waals surface area contributed by atoms with Gasteiger partial charge in [0.15, 0.2) is 17.8 Å². The van der Waals surface area contributed by atoms with E-state index < -0.39 is 11.9 Å². The molecule has 3 N–H and O–H groups in total. The lowest BCUT2D eigenvalue weighted by Gasteiger charge is -2.15. The van der Waals surface area contributed by atoms with E-state index in [9.17, 15) is 0 Å². The molecule has 0 amide bonds. The Morgan fingerprint density at radius 2 is 1.62 bits per heavy atom. The van der Waals surface area contributed by atoms with Gasteiger partial charge in [-0.3, -0.25) is 0 Å². The van der Waals surface area contributed by atoms with Crippen LogP contribution >= 0.6 is 0 Å². The molecule has 0 bridgehead atoms. The maximum atomic E-state index is 9.10. The number of para-hydroxylation sites is 1. The average Bonchev–Trinajstić information content (AvgIpc) is 3.28. The summed E-state index contributed by atoms with van der Waals surface area (Å²) in [7, 11) is 3.22. The lowest BCUT2D eigenvalue weighted by atomic mass is 10.2. The second kappa shape index (κ2) is 13.2. The van der Waals surface area contributed by atoms with E-state index in [4.69, 9.17) is 43.5 Å². The second-order valence-corrected chi connectivity index (χ2v) is 6.49. The maximum absolute atomic E-state index is 9.10. The van der Waals surface area contributed by atoms with Crippen molar-refractivity contribution in [1.82, 2.24) is 5.32 Å². The van der Waals surface area contributed by atoms with Crippen LogP contribution in [-0.4, -0.2) is 68.8 Å². The zero-order chi connectivity index (χ0) is 23.3. The zero-order valence-electron chi connectivity index (χ0n) is 17.9. The number of aliphatic carboxylic acids is 2. The molecule has 2 aromatic carbocycles. The van der Waals surface area contributed by atoms with Crippen molar-refractivity contribution in [3.8, 4) is 17.2 Å². The van der Waals surface area contributed by atoms with E-state index in [1.807, 2.05) is 48.5 Å². The molecule has 0 spiro atoms. The van der Waals surface area contributed by atoms with E-state index in [1.54, 1.807) is 14.2 Å². The van der Waals surface area contributed by atoms with Crippen LogP contribution in [0.4, 0.5) is 0 Å². The van der Waals surface area contributed by atoms with E-state index in [2.05, 4.69) is 5.32 Å². The van der Waals surface area contributed by atoms with Gasteiger partial charge in [0.2, 0.25) is 5.75 Å². The number of benzene rings is 2. The van der Waals surface area contributed by atoms with Crippen LogP contribution in [0.5, 0.6) is 17.2 Å². The van der Waals surface area contributed by atoms with Crippen molar-refractivity contribution in [2.75, 3.05) is 40.5 Å². The minimum Gasteiger partial charge on any atom is -0.493 e. The smallest absolute Gasteiger partial charge is 0.414 e. The normalized spacial score (nSPS) is 17.1. The Labute approximate surface area is 185 Å². The van der Waals surface area contributed by atoms with Crippen LogP contribution in [0.15, 0.2) is 48.5 Å². The van der Waals surface area contributed by atoms with Gasteiger partial charge >= 0.3 is 11.9 Å². The van der Waals surface area contributed by atoms with Crippen LogP contribution in [0.1, 0.15) is 11.9 Å². The first kappa shape index (κ1) is 24.9. The summed E-state index contributed by atoms with van der Waals surface area (Å²) in [4.78, 5) is 18.2. The molecule has 10 heteroatoms. The topological polar surface area (TPSA) is 133 Å². The first-order valence-electron chi connectivity index (χ1n) is 9.79. The van der Waals surface area contributed by atoms with Crippen LogP contribution in [0.25, 0.3) is 0 Å². The first-order valence-corrected chi connectivity index (χ1v) is 9.79. The van der Waals surface area contributed by atoms with Gasteiger partial charge in [0.25, 0.3) is 0 Å². The van der Waals surface area contributed by atoms with Gasteiger partial charge in [0.1, 0.15) is 6.61 Å². The van der Waals surface area contributed by atoms with Gasteiger partial charge in [0.05, 0.1) is 26.9 Å². The van der Waals surface area contributed by atoms with Crippen LogP contribution in [0, 0.1) is 0 Å². The number of methoxy groups -OCH3 is 2. The van der Waals surface area contributed by atoms with Gasteiger partial charge < -0.3 is 39.2 Å². The van der Waals surface area contributed by atoms with Gasteiger partial charge in [-0.25, -0.2) is 9.59 Å². The number of hydrogen-bond donors (Lipinski definition) is 3. The van der Waals surface area contributed by atoms with Crippen molar-refractivity contribution in [2.24, 2.45) is 0 Å². The molecule has 3 rings (SSSR count). The Morgan fingerprint density at radius 1 is 1.00 bits per heavy atom. The molecule has 0 aromatic heterocycles. The minimum atomic E-state index is -1.82.